The van der Waals surface area contributed by atoms with Crippen LogP contribution in [0.15, 0.2) is 12.2 Å². The molecule has 7 atom stereocenters. The Balaban J connectivity index is 2.27. The highest BCUT2D eigenvalue weighted by atomic mass is 16.7. The predicted octanol–water partition coefficient (Wildman–Crippen LogP) is 11.3. The van der Waals surface area contributed by atoms with Crippen LogP contribution >= 0.6 is 0 Å². The topological polar surface area (TPSA) is 149 Å². The largest absolute Gasteiger partial charge is 0.394 e. The Bertz CT molecular complexity index is 935. The molecule has 350 valence electrons. The molecule has 0 saturated carbocycles. The first-order chi connectivity index (χ1) is 28.8. The van der Waals surface area contributed by atoms with E-state index in [-0.39, 0.29) is 12.5 Å². The molecule has 1 aliphatic heterocycles. The minimum Gasteiger partial charge on any atom is -0.394 e. The standard InChI is InChI=1S/C50H97NO8/c1-3-5-7-9-11-13-15-17-19-21-22-24-26-28-30-32-34-36-38-40-46(54)51-43(42-58-50-49(57)48(56)47(55)45(41-52)59-50)44(53)39-37-35-33-31-29-27-25-23-20-18-16-14-12-10-8-6-4-2/h17,19,43-45,47-50,52-53,55-57H,3-16,18,20-42H2,1-2H3,(H,51,54)/b19-17+/t43-,44+,45-,47-,48?,49?,50-/m0/s1. The maximum Gasteiger partial charge on any atom is 0.220 e. The Labute approximate surface area is 363 Å². The molecule has 6 N–H and O–H groups in total. The van der Waals surface area contributed by atoms with Gasteiger partial charge < -0.3 is 40.3 Å². The van der Waals surface area contributed by atoms with Gasteiger partial charge in [-0.3, -0.25) is 4.79 Å². The van der Waals surface area contributed by atoms with Gasteiger partial charge in [0.15, 0.2) is 6.29 Å². The fourth-order valence-electron chi connectivity index (χ4n) is 8.27. The Kier molecular flexibility index (Phi) is 38.9. The molecule has 0 radical (unpaired) electrons. The maximum atomic E-state index is 13.0. The molecule has 2 unspecified atom stereocenters. The third-order valence-corrected chi connectivity index (χ3v) is 12.4. The first kappa shape index (κ1) is 55.9. The molecule has 1 amide bonds. The van der Waals surface area contributed by atoms with Crippen LogP contribution in [-0.2, 0) is 14.3 Å². The molecular weight excluding hydrogens is 743 g/mol. The van der Waals surface area contributed by atoms with E-state index in [9.17, 15) is 30.3 Å². The van der Waals surface area contributed by atoms with Gasteiger partial charge in [-0.2, -0.15) is 0 Å². The highest BCUT2D eigenvalue weighted by Gasteiger charge is 2.44. The molecule has 59 heavy (non-hydrogen) atoms. The lowest BCUT2D eigenvalue weighted by Gasteiger charge is -2.40. The number of rotatable bonds is 43. The van der Waals surface area contributed by atoms with E-state index in [1.165, 1.54) is 180 Å². The van der Waals surface area contributed by atoms with Crippen molar-refractivity contribution in [3.05, 3.63) is 12.2 Å². The molecule has 0 aromatic rings. The monoisotopic (exact) mass is 840 g/mol. The number of hydrogen-bond acceptors (Lipinski definition) is 8. The average molecular weight is 840 g/mol. The molecule has 1 fully saturated rings. The zero-order valence-corrected chi connectivity index (χ0v) is 38.5. The van der Waals surface area contributed by atoms with E-state index in [4.69, 9.17) is 9.47 Å². The van der Waals surface area contributed by atoms with Crippen molar-refractivity contribution in [3.8, 4) is 0 Å². The lowest BCUT2D eigenvalue weighted by molar-refractivity contribution is -0.302. The van der Waals surface area contributed by atoms with E-state index >= 15 is 0 Å². The number of amides is 1. The number of nitrogens with one attached hydrogen (secondary N) is 1. The van der Waals surface area contributed by atoms with Crippen molar-refractivity contribution in [3.63, 3.8) is 0 Å². The van der Waals surface area contributed by atoms with Crippen molar-refractivity contribution >= 4 is 5.91 Å². The van der Waals surface area contributed by atoms with Crippen LogP contribution in [-0.4, -0.2) is 87.5 Å². The van der Waals surface area contributed by atoms with E-state index in [1.807, 2.05) is 0 Å². The molecule has 9 heteroatoms. The summed E-state index contributed by atoms with van der Waals surface area (Å²) >= 11 is 0. The summed E-state index contributed by atoms with van der Waals surface area (Å²) in [6.07, 6.45) is 40.7. The van der Waals surface area contributed by atoms with Crippen molar-refractivity contribution in [1.82, 2.24) is 5.32 Å². The number of allylic oxidation sites excluding steroid dienone is 2. The summed E-state index contributed by atoms with van der Waals surface area (Å²) in [4.78, 5) is 13.0. The fourth-order valence-corrected chi connectivity index (χ4v) is 8.27. The maximum absolute atomic E-state index is 13.0. The molecule has 9 nitrogen and oxygen atoms in total. The number of aliphatic hydroxyl groups is 5. The number of hydrogen-bond donors (Lipinski definition) is 6. The van der Waals surface area contributed by atoms with E-state index in [2.05, 4.69) is 31.3 Å². The number of carbonyl (C=O) groups excluding carboxylic acids is 1. The highest BCUT2D eigenvalue weighted by molar-refractivity contribution is 5.76. The molecule has 0 aromatic carbocycles. The van der Waals surface area contributed by atoms with Gasteiger partial charge >= 0.3 is 0 Å². The van der Waals surface area contributed by atoms with Crippen molar-refractivity contribution in [2.45, 2.75) is 288 Å². The van der Waals surface area contributed by atoms with Crippen molar-refractivity contribution < 1.29 is 39.8 Å². The highest BCUT2D eigenvalue weighted by Crippen LogP contribution is 2.23. The minimum absolute atomic E-state index is 0.135. The third kappa shape index (κ3) is 31.4. The Morgan fingerprint density at radius 2 is 0.949 bits per heavy atom. The molecule has 0 bridgehead atoms. The summed E-state index contributed by atoms with van der Waals surface area (Å²) in [6.45, 7) is 3.85. The predicted molar refractivity (Wildman–Crippen MR) is 244 cm³/mol. The van der Waals surface area contributed by atoms with E-state index in [0.717, 1.165) is 38.5 Å². The van der Waals surface area contributed by atoms with E-state index in [1.54, 1.807) is 0 Å². The lowest BCUT2D eigenvalue weighted by Crippen LogP contribution is -2.60. The fraction of sp³-hybridized carbons (Fsp3) is 0.940. The molecule has 0 aromatic heterocycles. The summed E-state index contributed by atoms with van der Waals surface area (Å²) in [6, 6.07) is -0.716. The molecular formula is C50H97NO8. The molecule has 1 aliphatic rings. The second-order valence-electron chi connectivity index (χ2n) is 18.0. The second kappa shape index (κ2) is 41.0. The first-order valence-corrected chi connectivity index (χ1v) is 25.4. The van der Waals surface area contributed by atoms with Crippen LogP contribution in [0.2, 0.25) is 0 Å². The van der Waals surface area contributed by atoms with Crippen LogP contribution in [0, 0.1) is 0 Å². The number of aliphatic hydroxyl groups excluding tert-OH is 5. The number of ether oxygens (including phenoxy) is 2. The minimum atomic E-state index is -1.55. The van der Waals surface area contributed by atoms with Gasteiger partial charge in [0.1, 0.15) is 24.4 Å². The normalized spacial score (nSPS) is 20.7. The first-order valence-electron chi connectivity index (χ1n) is 25.4. The summed E-state index contributed by atoms with van der Waals surface area (Å²) in [5.74, 6) is -0.144. The van der Waals surface area contributed by atoms with Crippen LogP contribution in [0.25, 0.3) is 0 Å². The van der Waals surface area contributed by atoms with Gasteiger partial charge in [0.25, 0.3) is 0 Å². The van der Waals surface area contributed by atoms with Crippen molar-refractivity contribution in [2.75, 3.05) is 13.2 Å². The number of unbranched alkanes of at least 4 members (excludes halogenated alkanes) is 31. The van der Waals surface area contributed by atoms with Crippen LogP contribution in [0.1, 0.15) is 245 Å². The molecule has 0 aliphatic carbocycles. The van der Waals surface area contributed by atoms with E-state index < -0.39 is 49.5 Å². The van der Waals surface area contributed by atoms with Gasteiger partial charge in [-0.05, 0) is 38.5 Å². The van der Waals surface area contributed by atoms with Crippen molar-refractivity contribution in [1.29, 1.82) is 0 Å². The Morgan fingerprint density at radius 1 is 0.559 bits per heavy atom. The summed E-state index contributed by atoms with van der Waals surface area (Å²) < 4.78 is 11.3. The van der Waals surface area contributed by atoms with Crippen molar-refractivity contribution in [2.24, 2.45) is 0 Å². The van der Waals surface area contributed by atoms with Gasteiger partial charge in [-0.1, -0.05) is 212 Å². The molecule has 1 heterocycles. The van der Waals surface area contributed by atoms with E-state index in [0.29, 0.717) is 12.8 Å². The third-order valence-electron chi connectivity index (χ3n) is 12.4. The van der Waals surface area contributed by atoms with Gasteiger partial charge in [0.2, 0.25) is 5.91 Å². The average Bonchev–Trinajstić information content (AvgIpc) is 3.23. The summed E-state index contributed by atoms with van der Waals surface area (Å²) in [5.41, 5.74) is 0. The molecule has 0 spiro atoms. The smallest absolute Gasteiger partial charge is 0.220 e. The van der Waals surface area contributed by atoms with Gasteiger partial charge in [0, 0.05) is 6.42 Å². The number of carbonyl (C=O) groups is 1. The Morgan fingerprint density at radius 3 is 1.37 bits per heavy atom. The van der Waals surface area contributed by atoms with Crippen LogP contribution in [0.5, 0.6) is 0 Å². The van der Waals surface area contributed by atoms with Crippen LogP contribution in [0.4, 0.5) is 0 Å². The zero-order valence-electron chi connectivity index (χ0n) is 38.5. The van der Waals surface area contributed by atoms with Gasteiger partial charge in [0.05, 0.1) is 25.4 Å². The summed E-state index contributed by atoms with van der Waals surface area (Å²) in [5, 5.41) is 54.5. The zero-order chi connectivity index (χ0) is 43.0. The van der Waals surface area contributed by atoms with Crippen LogP contribution in [0.3, 0.4) is 0 Å². The molecule has 1 rings (SSSR count). The van der Waals surface area contributed by atoms with Gasteiger partial charge in [-0.15, -0.1) is 0 Å². The van der Waals surface area contributed by atoms with Gasteiger partial charge in [-0.25, -0.2) is 0 Å². The molecule has 1 saturated heterocycles. The SMILES string of the molecule is CCCCCCCC/C=C/CCCCCCCCCCCC(=O)N[C@@H](CO[C@H]1O[C@@H](CO)[C@H](O)C(O)C1O)[C@H](O)CCCCCCCCCCCCCCCCCCC. The summed E-state index contributed by atoms with van der Waals surface area (Å²) in [7, 11) is 0. The second-order valence-corrected chi connectivity index (χ2v) is 18.0. The lowest BCUT2D eigenvalue weighted by atomic mass is 9.99. The van der Waals surface area contributed by atoms with Crippen LogP contribution < -0.4 is 5.32 Å². The quantitative estimate of drug-likeness (QED) is 0.0263. The Hall–Kier alpha value is -1.07.